The molecule has 0 radical (unpaired) electrons. The van der Waals surface area contributed by atoms with Crippen LogP contribution < -0.4 is 4.74 Å². The third-order valence-corrected chi connectivity index (χ3v) is 2.90. The molecule has 2 aromatic rings. The van der Waals surface area contributed by atoms with E-state index in [1.807, 2.05) is 0 Å². The molecule has 0 bridgehead atoms. The van der Waals surface area contributed by atoms with E-state index < -0.39 is 23.5 Å². The van der Waals surface area contributed by atoms with E-state index in [1.165, 1.54) is 31.4 Å². The predicted octanol–water partition coefficient (Wildman–Crippen LogP) is 4.07. The van der Waals surface area contributed by atoms with Crippen LogP contribution in [0, 0.1) is 0 Å². The van der Waals surface area contributed by atoms with Gasteiger partial charge in [-0.15, -0.1) is 0 Å². The Balaban J connectivity index is 2.19. The summed E-state index contributed by atoms with van der Waals surface area (Å²) in [5.74, 6) is -1.36. The van der Waals surface area contributed by atoms with Crippen molar-refractivity contribution in [3.63, 3.8) is 0 Å². The van der Waals surface area contributed by atoms with Crippen molar-refractivity contribution < 1.29 is 27.4 Å². The Bertz CT molecular complexity index is 648. The second-order valence-electron chi connectivity index (χ2n) is 4.51. The Morgan fingerprint density at radius 1 is 1.05 bits per heavy atom. The molecule has 0 atom stereocenters. The van der Waals surface area contributed by atoms with Crippen LogP contribution in [0.5, 0.6) is 5.75 Å². The summed E-state index contributed by atoms with van der Waals surface area (Å²) in [7, 11) is 1.54. The fourth-order valence-electron chi connectivity index (χ4n) is 1.85. The summed E-state index contributed by atoms with van der Waals surface area (Å²) < 4.78 is 48.3. The average molecular weight is 310 g/mol. The van der Waals surface area contributed by atoms with Crippen LogP contribution in [-0.4, -0.2) is 13.1 Å². The highest BCUT2D eigenvalue weighted by atomic mass is 19.4. The third-order valence-electron chi connectivity index (χ3n) is 2.90. The maximum Gasteiger partial charge on any atom is 0.419 e. The van der Waals surface area contributed by atoms with Gasteiger partial charge in [0.15, 0.2) is 0 Å². The molecule has 3 nitrogen and oxygen atoms in total. The van der Waals surface area contributed by atoms with Crippen LogP contribution in [0.3, 0.4) is 0 Å². The van der Waals surface area contributed by atoms with Crippen molar-refractivity contribution in [3.8, 4) is 5.75 Å². The minimum Gasteiger partial charge on any atom is -0.422 e. The Kier molecular flexibility index (Phi) is 4.82. The molecule has 0 aliphatic heterocycles. The molecule has 0 N–H and O–H groups in total. The van der Waals surface area contributed by atoms with Gasteiger partial charge in [-0.1, -0.05) is 24.3 Å². The lowest BCUT2D eigenvalue weighted by atomic mass is 10.1. The molecule has 6 heteroatoms. The number of benzene rings is 2. The van der Waals surface area contributed by atoms with Crippen molar-refractivity contribution in [2.24, 2.45) is 0 Å². The summed E-state index contributed by atoms with van der Waals surface area (Å²) in [6.45, 7) is 0.381. The molecule has 0 spiro atoms. The first-order valence-electron chi connectivity index (χ1n) is 6.38. The van der Waals surface area contributed by atoms with Gasteiger partial charge < -0.3 is 9.47 Å². The quantitative estimate of drug-likeness (QED) is 0.631. The molecule has 0 saturated heterocycles. The minimum atomic E-state index is -4.58. The van der Waals surface area contributed by atoms with E-state index in [4.69, 9.17) is 9.47 Å². The highest BCUT2D eigenvalue weighted by Gasteiger charge is 2.34. The molecule has 0 aliphatic rings. The molecular weight excluding hydrogens is 297 g/mol. The lowest BCUT2D eigenvalue weighted by Crippen LogP contribution is -2.13. The minimum absolute atomic E-state index is 0.164. The van der Waals surface area contributed by atoms with Gasteiger partial charge in [-0.3, -0.25) is 0 Å². The van der Waals surface area contributed by atoms with Crippen LogP contribution >= 0.6 is 0 Å². The maximum absolute atomic E-state index is 12.8. The van der Waals surface area contributed by atoms with Crippen LogP contribution in [0.15, 0.2) is 48.5 Å². The van der Waals surface area contributed by atoms with E-state index in [2.05, 4.69) is 0 Å². The fourth-order valence-corrected chi connectivity index (χ4v) is 1.85. The topological polar surface area (TPSA) is 35.5 Å². The zero-order valence-electron chi connectivity index (χ0n) is 11.7. The zero-order chi connectivity index (χ0) is 16.2. The molecule has 22 heavy (non-hydrogen) atoms. The van der Waals surface area contributed by atoms with Gasteiger partial charge in [-0.25, -0.2) is 4.79 Å². The molecular formula is C16H13F3O3. The number of para-hydroxylation sites is 1. The van der Waals surface area contributed by atoms with E-state index in [0.717, 1.165) is 17.7 Å². The summed E-state index contributed by atoms with van der Waals surface area (Å²) >= 11 is 0. The first-order chi connectivity index (χ1) is 10.4. The first-order valence-corrected chi connectivity index (χ1v) is 6.38. The number of alkyl halides is 3. The molecule has 0 heterocycles. The van der Waals surface area contributed by atoms with Crippen molar-refractivity contribution in [2.45, 2.75) is 12.8 Å². The number of ether oxygens (including phenoxy) is 2. The molecule has 0 aromatic heterocycles. The van der Waals surface area contributed by atoms with Crippen molar-refractivity contribution >= 4 is 5.97 Å². The molecule has 2 aromatic carbocycles. The molecule has 2 rings (SSSR count). The van der Waals surface area contributed by atoms with Crippen LogP contribution in [-0.2, 0) is 17.5 Å². The molecule has 116 valence electrons. The number of carbonyl (C=O) groups is 1. The fraction of sp³-hybridized carbons (Fsp3) is 0.188. The predicted molar refractivity (Wildman–Crippen MR) is 73.6 cm³/mol. The Hall–Kier alpha value is -2.34. The lowest BCUT2D eigenvalue weighted by molar-refractivity contribution is -0.138. The van der Waals surface area contributed by atoms with Gasteiger partial charge in [0.2, 0.25) is 0 Å². The summed E-state index contributed by atoms with van der Waals surface area (Å²) in [5, 5.41) is 0. The van der Waals surface area contributed by atoms with Gasteiger partial charge in [0.25, 0.3) is 0 Å². The number of hydrogen-bond donors (Lipinski definition) is 0. The molecule has 0 aliphatic carbocycles. The largest absolute Gasteiger partial charge is 0.422 e. The number of carbonyl (C=O) groups excluding carboxylic acids is 1. The van der Waals surface area contributed by atoms with E-state index in [-0.39, 0.29) is 5.56 Å². The van der Waals surface area contributed by atoms with Crippen molar-refractivity contribution in [1.29, 1.82) is 0 Å². The number of halogens is 3. The van der Waals surface area contributed by atoms with E-state index >= 15 is 0 Å². The number of esters is 1. The summed E-state index contributed by atoms with van der Waals surface area (Å²) in [4.78, 5) is 11.9. The third kappa shape index (κ3) is 3.85. The standard InChI is InChI=1S/C16H13F3O3/c1-21-10-11-6-8-12(9-7-11)15(20)22-14-5-3-2-4-13(14)16(17,18)19/h2-9H,10H2,1H3. The highest BCUT2D eigenvalue weighted by molar-refractivity contribution is 5.91. The molecule has 0 amide bonds. The summed E-state index contributed by atoms with van der Waals surface area (Å²) in [6.07, 6.45) is -4.58. The van der Waals surface area contributed by atoms with Crippen molar-refractivity contribution in [1.82, 2.24) is 0 Å². The highest BCUT2D eigenvalue weighted by Crippen LogP contribution is 2.36. The second kappa shape index (κ2) is 6.62. The zero-order valence-corrected chi connectivity index (χ0v) is 11.7. The van der Waals surface area contributed by atoms with E-state index in [0.29, 0.717) is 6.61 Å². The van der Waals surface area contributed by atoms with E-state index in [9.17, 15) is 18.0 Å². The van der Waals surface area contributed by atoms with Gasteiger partial charge in [-0.2, -0.15) is 13.2 Å². The number of rotatable bonds is 4. The Morgan fingerprint density at radius 3 is 2.27 bits per heavy atom. The SMILES string of the molecule is COCc1ccc(C(=O)Oc2ccccc2C(F)(F)F)cc1. The molecule has 0 unspecified atom stereocenters. The van der Waals surface area contributed by atoms with Crippen molar-refractivity contribution in [2.75, 3.05) is 7.11 Å². The number of hydrogen-bond acceptors (Lipinski definition) is 3. The van der Waals surface area contributed by atoms with Crippen molar-refractivity contribution in [3.05, 3.63) is 65.2 Å². The Labute approximate surface area is 125 Å². The smallest absolute Gasteiger partial charge is 0.419 e. The molecule has 0 fully saturated rings. The number of methoxy groups -OCH3 is 1. The summed E-state index contributed by atoms with van der Waals surface area (Å²) in [5.41, 5.74) is 0.0194. The van der Waals surface area contributed by atoms with Gasteiger partial charge in [0.1, 0.15) is 5.75 Å². The second-order valence-corrected chi connectivity index (χ2v) is 4.51. The van der Waals surface area contributed by atoms with Gasteiger partial charge in [-0.05, 0) is 29.8 Å². The van der Waals surface area contributed by atoms with Gasteiger partial charge in [0.05, 0.1) is 17.7 Å². The van der Waals surface area contributed by atoms with Gasteiger partial charge >= 0.3 is 12.1 Å². The normalized spacial score (nSPS) is 11.3. The first kappa shape index (κ1) is 16.0. The van der Waals surface area contributed by atoms with Crippen LogP contribution in [0.4, 0.5) is 13.2 Å². The van der Waals surface area contributed by atoms with E-state index in [1.54, 1.807) is 12.1 Å². The lowest BCUT2D eigenvalue weighted by Gasteiger charge is -2.12. The van der Waals surface area contributed by atoms with Crippen LogP contribution in [0.1, 0.15) is 21.5 Å². The molecule has 0 saturated carbocycles. The Morgan fingerprint density at radius 2 is 1.68 bits per heavy atom. The monoisotopic (exact) mass is 310 g/mol. The summed E-state index contributed by atoms with van der Waals surface area (Å²) in [6, 6.07) is 10.8. The van der Waals surface area contributed by atoms with Crippen LogP contribution in [0.25, 0.3) is 0 Å². The van der Waals surface area contributed by atoms with Crippen LogP contribution in [0.2, 0.25) is 0 Å². The average Bonchev–Trinajstić information content (AvgIpc) is 2.48. The van der Waals surface area contributed by atoms with Gasteiger partial charge in [0, 0.05) is 7.11 Å². The maximum atomic E-state index is 12.8.